The van der Waals surface area contributed by atoms with E-state index in [1.54, 1.807) is 25.3 Å². The first-order valence-electron chi connectivity index (χ1n) is 13.4. The highest BCUT2D eigenvalue weighted by Gasteiger charge is 2.24. The molecule has 0 unspecified atom stereocenters. The Balaban J connectivity index is 1.94. The summed E-state index contributed by atoms with van der Waals surface area (Å²) >= 11 is 0. The van der Waals surface area contributed by atoms with Crippen molar-refractivity contribution in [1.29, 1.82) is 0 Å². The number of hydrogen-bond donors (Lipinski definition) is 0. The average Bonchev–Trinajstić information content (AvgIpc) is 3.27. The lowest BCUT2D eigenvalue weighted by Gasteiger charge is -2.11. The fourth-order valence-electron chi connectivity index (χ4n) is 4.47. The van der Waals surface area contributed by atoms with Gasteiger partial charge in [-0.05, 0) is 48.0 Å². The van der Waals surface area contributed by atoms with Gasteiger partial charge >= 0.3 is 0 Å². The van der Waals surface area contributed by atoms with Gasteiger partial charge in [0.05, 0.1) is 14.9 Å². The lowest BCUT2D eigenvalue weighted by Crippen LogP contribution is -2.35. The second-order valence-corrected chi connectivity index (χ2v) is 9.00. The van der Waals surface area contributed by atoms with Crippen molar-refractivity contribution in [2.45, 2.75) is 34.1 Å². The van der Waals surface area contributed by atoms with Gasteiger partial charge in [0.25, 0.3) is 0 Å². The molecule has 0 aliphatic carbocycles. The van der Waals surface area contributed by atoms with Crippen LogP contribution in [0.2, 0.25) is 0 Å². The SMILES string of the molecule is [2H]c1c(C([2H])([2H])C(C)C)c([2H])c(-c2c(C)ccc3c2oc2c(-c4ccccc4)cc([N+]#[C-])cc23)[n+](C)c1C. The summed E-state index contributed by atoms with van der Waals surface area (Å²) in [6.45, 7) is 15.0. The van der Waals surface area contributed by atoms with Gasteiger partial charge in [-0.15, -0.1) is 0 Å². The van der Waals surface area contributed by atoms with Gasteiger partial charge in [0.15, 0.2) is 11.4 Å². The molecule has 0 N–H and O–H groups in total. The van der Waals surface area contributed by atoms with E-state index >= 15 is 0 Å². The third-order valence-electron chi connectivity index (χ3n) is 6.21. The molecule has 3 heteroatoms. The van der Waals surface area contributed by atoms with Crippen molar-refractivity contribution in [3.05, 3.63) is 94.9 Å². The van der Waals surface area contributed by atoms with Gasteiger partial charge < -0.3 is 4.42 Å². The van der Waals surface area contributed by atoms with Crippen molar-refractivity contribution in [3.63, 3.8) is 0 Å². The van der Waals surface area contributed by atoms with E-state index < -0.39 is 12.3 Å². The first-order valence-corrected chi connectivity index (χ1v) is 11.4. The Morgan fingerprint density at radius 3 is 2.50 bits per heavy atom. The van der Waals surface area contributed by atoms with Crippen LogP contribution >= 0.6 is 0 Å². The first kappa shape index (κ1) is 17.6. The van der Waals surface area contributed by atoms with Crippen molar-refractivity contribution in [3.8, 4) is 22.4 Å². The molecule has 0 radical (unpaired) electrons. The van der Waals surface area contributed by atoms with Crippen LogP contribution in [0.3, 0.4) is 0 Å². The zero-order valence-corrected chi connectivity index (χ0v) is 20.1. The maximum atomic E-state index is 9.20. The van der Waals surface area contributed by atoms with E-state index in [9.17, 15) is 1.37 Å². The van der Waals surface area contributed by atoms with Crippen molar-refractivity contribution in [1.82, 2.24) is 0 Å². The summed E-state index contributed by atoms with van der Waals surface area (Å²) in [5, 5.41) is 1.64. The minimum Gasteiger partial charge on any atom is -0.455 e. The number of nitrogens with zero attached hydrogens (tertiary/aromatic N) is 2. The van der Waals surface area contributed by atoms with Crippen molar-refractivity contribution < 1.29 is 14.5 Å². The number of fused-ring (bicyclic) bond motifs is 3. The molecular weight excluding hydrogens is 416 g/mol. The third-order valence-corrected chi connectivity index (χ3v) is 6.21. The normalized spacial score (nSPS) is 13.6. The highest BCUT2D eigenvalue weighted by atomic mass is 16.3. The van der Waals surface area contributed by atoms with Crippen LogP contribution in [0.25, 0.3) is 49.2 Å². The Morgan fingerprint density at radius 2 is 1.79 bits per heavy atom. The van der Waals surface area contributed by atoms with E-state index in [4.69, 9.17) is 15.1 Å². The molecule has 0 aliphatic heterocycles. The Kier molecular flexibility index (Phi) is 4.37. The molecule has 0 atom stereocenters. The molecule has 0 saturated carbocycles. The molecule has 3 aromatic carbocycles. The van der Waals surface area contributed by atoms with Gasteiger partial charge in [-0.1, -0.05) is 56.3 Å². The molecule has 2 heterocycles. The molecule has 0 bridgehead atoms. The lowest BCUT2D eigenvalue weighted by atomic mass is 9.96. The topological polar surface area (TPSA) is 21.4 Å². The summed E-state index contributed by atoms with van der Waals surface area (Å²) < 4.78 is 43.9. The minimum absolute atomic E-state index is 0.0111. The Hall–Kier alpha value is -3.90. The summed E-state index contributed by atoms with van der Waals surface area (Å²) in [4.78, 5) is 3.71. The highest BCUT2D eigenvalue weighted by Crippen LogP contribution is 2.42. The maximum Gasteiger partial charge on any atom is 0.216 e. The van der Waals surface area contributed by atoms with Crippen molar-refractivity contribution in [2.75, 3.05) is 0 Å². The fraction of sp³-hybridized carbons (Fsp3) is 0.226. The summed E-state index contributed by atoms with van der Waals surface area (Å²) in [5.41, 5.74) is 6.24. The highest BCUT2D eigenvalue weighted by molar-refractivity contribution is 6.14. The number of aryl methyl sites for hydroxylation is 1. The number of pyridine rings is 1. The molecule has 2 aromatic heterocycles. The van der Waals surface area contributed by atoms with E-state index in [1.807, 2.05) is 68.6 Å². The largest absolute Gasteiger partial charge is 0.455 e. The van der Waals surface area contributed by atoms with E-state index in [0.717, 1.165) is 27.5 Å². The monoisotopic (exact) mass is 449 g/mol. The third kappa shape index (κ3) is 3.66. The summed E-state index contributed by atoms with van der Waals surface area (Å²) in [7, 11) is 1.81. The zero-order valence-electron chi connectivity index (χ0n) is 24.1. The number of hydrogen-bond acceptors (Lipinski definition) is 1. The maximum absolute atomic E-state index is 9.20. The molecule has 0 aliphatic rings. The minimum atomic E-state index is -1.86. The van der Waals surface area contributed by atoms with Gasteiger partial charge in [-0.3, -0.25) is 0 Å². The van der Waals surface area contributed by atoms with Crippen LogP contribution < -0.4 is 4.57 Å². The van der Waals surface area contributed by atoms with Gasteiger partial charge in [-0.25, -0.2) is 4.85 Å². The second-order valence-electron chi connectivity index (χ2n) is 9.00. The quantitative estimate of drug-likeness (QED) is 0.200. The van der Waals surface area contributed by atoms with Crippen LogP contribution in [0.1, 0.15) is 36.2 Å². The fourth-order valence-corrected chi connectivity index (χ4v) is 4.47. The Bertz CT molecular complexity index is 1780. The molecule has 168 valence electrons. The van der Waals surface area contributed by atoms with Crippen LogP contribution in [0.15, 0.2) is 71.1 Å². The Labute approximate surface area is 206 Å². The predicted octanol–water partition coefficient (Wildman–Crippen LogP) is 8.11. The number of benzene rings is 3. The molecule has 5 rings (SSSR count). The van der Waals surface area contributed by atoms with E-state index in [0.29, 0.717) is 33.8 Å². The molecule has 3 nitrogen and oxygen atoms in total. The molecule has 0 spiro atoms. The molecule has 34 heavy (non-hydrogen) atoms. The van der Waals surface area contributed by atoms with Crippen LogP contribution in [0, 0.1) is 26.3 Å². The smallest absolute Gasteiger partial charge is 0.216 e. The van der Waals surface area contributed by atoms with Gasteiger partial charge in [0.1, 0.15) is 18.2 Å². The van der Waals surface area contributed by atoms with Crippen molar-refractivity contribution in [2.24, 2.45) is 13.0 Å². The van der Waals surface area contributed by atoms with Crippen LogP contribution in [0.4, 0.5) is 5.69 Å². The van der Waals surface area contributed by atoms with Gasteiger partial charge in [0, 0.05) is 38.1 Å². The zero-order chi connectivity index (χ0) is 27.5. The number of furan rings is 1. The van der Waals surface area contributed by atoms with E-state index in [-0.39, 0.29) is 17.6 Å². The standard InChI is InChI=1S/C31H29N2O/c1-19(2)14-22-15-21(4)33(6)28(16-22)29-20(3)12-13-25-27-18-24(32-5)17-26(30(27)34-31(25)29)23-10-8-7-9-11-23/h7-13,15-19H,14H2,1-4,6H3/q+1/i14D2,15D,16D. The first-order chi connectivity index (χ1) is 18.0. The lowest BCUT2D eigenvalue weighted by molar-refractivity contribution is -0.666. The van der Waals surface area contributed by atoms with Crippen LogP contribution in [0.5, 0.6) is 0 Å². The van der Waals surface area contributed by atoms with Crippen LogP contribution in [-0.2, 0) is 13.4 Å². The van der Waals surface area contributed by atoms with E-state index in [2.05, 4.69) is 4.85 Å². The average molecular weight is 450 g/mol. The predicted molar refractivity (Wildman–Crippen MR) is 140 cm³/mol. The molecule has 0 fully saturated rings. The Morgan fingerprint density at radius 1 is 1.03 bits per heavy atom. The summed E-state index contributed by atoms with van der Waals surface area (Å²) in [5.74, 6) is -0.417. The van der Waals surface area contributed by atoms with E-state index in [1.165, 1.54) is 0 Å². The molecule has 0 amide bonds. The van der Waals surface area contributed by atoms with Gasteiger partial charge in [0.2, 0.25) is 5.69 Å². The molecule has 0 saturated heterocycles. The molecular formula is C31H29N2O+. The van der Waals surface area contributed by atoms with Crippen molar-refractivity contribution >= 4 is 27.6 Å². The molecule has 5 aromatic rings. The number of aromatic nitrogens is 1. The summed E-state index contributed by atoms with van der Waals surface area (Å²) in [6, 6.07) is 17.5. The van der Waals surface area contributed by atoms with Gasteiger partial charge in [-0.2, -0.15) is 4.57 Å². The second kappa shape index (κ2) is 8.47. The van der Waals surface area contributed by atoms with Crippen LogP contribution in [-0.4, -0.2) is 0 Å². The summed E-state index contributed by atoms with van der Waals surface area (Å²) in [6.07, 6.45) is -1.86. The number of rotatable bonds is 4.